The van der Waals surface area contributed by atoms with Gasteiger partial charge >= 0.3 is 6.09 Å². The number of aromatic nitrogens is 1. The number of anilines is 2. The molecule has 0 aliphatic carbocycles. The Morgan fingerprint density at radius 2 is 2.00 bits per heavy atom. The van der Waals surface area contributed by atoms with Crippen molar-refractivity contribution in [2.24, 2.45) is 0 Å². The van der Waals surface area contributed by atoms with Crippen LogP contribution in [0.1, 0.15) is 0 Å². The molecule has 0 aliphatic heterocycles. The number of para-hydroxylation sites is 1. The summed E-state index contributed by atoms with van der Waals surface area (Å²) in [7, 11) is 0. The monoisotopic (exact) mass is 266 g/mol. The summed E-state index contributed by atoms with van der Waals surface area (Å²) in [6.45, 7) is 0. The molecule has 4 nitrogen and oxygen atoms in total. The molecule has 1 aromatic heterocycles. The highest BCUT2D eigenvalue weighted by Crippen LogP contribution is 2.26. The second-order valence-electron chi connectivity index (χ2n) is 3.41. The van der Waals surface area contributed by atoms with Gasteiger partial charge in [-0.15, -0.1) is 0 Å². The first kappa shape index (κ1) is 12.3. The number of halogens is 2. The third kappa shape index (κ3) is 2.41. The molecule has 92 valence electrons. The van der Waals surface area contributed by atoms with Gasteiger partial charge in [0.2, 0.25) is 0 Å². The topological polar surface area (TPSA) is 53.4 Å². The molecule has 0 spiro atoms. The van der Waals surface area contributed by atoms with Gasteiger partial charge in [-0.05, 0) is 12.1 Å². The van der Waals surface area contributed by atoms with Crippen LogP contribution in [0.4, 0.5) is 20.7 Å². The van der Waals surface area contributed by atoms with Crippen LogP contribution in [-0.2, 0) is 0 Å². The molecule has 1 heterocycles. The van der Waals surface area contributed by atoms with E-state index in [1.807, 2.05) is 0 Å². The molecule has 0 unspecified atom stereocenters. The maximum absolute atomic E-state index is 13.0. The molecule has 0 aliphatic rings. The van der Waals surface area contributed by atoms with Crippen molar-refractivity contribution in [1.29, 1.82) is 0 Å². The van der Waals surface area contributed by atoms with Crippen molar-refractivity contribution in [2.45, 2.75) is 0 Å². The van der Waals surface area contributed by atoms with Crippen LogP contribution in [0.25, 0.3) is 0 Å². The lowest BCUT2D eigenvalue weighted by Gasteiger charge is -2.18. The van der Waals surface area contributed by atoms with Gasteiger partial charge < -0.3 is 5.11 Å². The molecular formula is C12H8ClFN2O2. The largest absolute Gasteiger partial charge is 0.464 e. The summed E-state index contributed by atoms with van der Waals surface area (Å²) in [4.78, 5) is 15.9. The molecular weight excluding hydrogens is 259 g/mol. The standard InChI is InChI=1S/C12H8ClFN2O2/c13-9-6-11(15-7-10(9)14)16(12(17)18)8-4-2-1-3-5-8/h1-7H,(H,17,18). The molecule has 1 amide bonds. The molecule has 0 atom stereocenters. The third-order valence-electron chi connectivity index (χ3n) is 2.23. The van der Waals surface area contributed by atoms with E-state index in [-0.39, 0.29) is 10.8 Å². The summed E-state index contributed by atoms with van der Waals surface area (Å²) < 4.78 is 13.0. The van der Waals surface area contributed by atoms with Crippen molar-refractivity contribution in [3.8, 4) is 0 Å². The third-order valence-corrected chi connectivity index (χ3v) is 2.52. The van der Waals surface area contributed by atoms with Crippen molar-refractivity contribution in [3.05, 3.63) is 53.4 Å². The summed E-state index contributed by atoms with van der Waals surface area (Å²) in [6.07, 6.45) is -0.340. The number of carbonyl (C=O) groups is 1. The smallest absolute Gasteiger partial charge is 0.417 e. The lowest BCUT2D eigenvalue weighted by atomic mass is 10.3. The van der Waals surface area contributed by atoms with E-state index in [0.717, 1.165) is 17.2 Å². The number of carboxylic acid groups (broad SMARTS) is 1. The molecule has 18 heavy (non-hydrogen) atoms. The normalized spacial score (nSPS) is 10.1. The summed E-state index contributed by atoms with van der Waals surface area (Å²) in [5.41, 5.74) is 0.403. The van der Waals surface area contributed by atoms with Crippen LogP contribution in [0.3, 0.4) is 0 Å². The van der Waals surface area contributed by atoms with Crippen molar-refractivity contribution in [2.75, 3.05) is 4.90 Å². The van der Waals surface area contributed by atoms with Gasteiger partial charge in [-0.25, -0.2) is 19.1 Å². The fourth-order valence-corrected chi connectivity index (χ4v) is 1.59. The highest BCUT2D eigenvalue weighted by atomic mass is 35.5. The highest BCUT2D eigenvalue weighted by molar-refractivity contribution is 6.31. The molecule has 1 N–H and O–H groups in total. The van der Waals surface area contributed by atoms with E-state index in [0.29, 0.717) is 5.69 Å². The summed E-state index contributed by atoms with van der Waals surface area (Å²) in [6, 6.07) is 9.51. The van der Waals surface area contributed by atoms with E-state index in [2.05, 4.69) is 4.98 Å². The van der Waals surface area contributed by atoms with Crippen LogP contribution >= 0.6 is 11.6 Å². The summed E-state index contributed by atoms with van der Waals surface area (Å²) >= 11 is 5.62. The lowest BCUT2D eigenvalue weighted by molar-refractivity contribution is 0.204. The lowest BCUT2D eigenvalue weighted by Crippen LogP contribution is -2.24. The van der Waals surface area contributed by atoms with Crippen LogP contribution in [0, 0.1) is 5.82 Å². The number of amides is 1. The Morgan fingerprint density at radius 3 is 2.56 bits per heavy atom. The van der Waals surface area contributed by atoms with Gasteiger partial charge in [-0.2, -0.15) is 0 Å². The Hall–Kier alpha value is -2.14. The Bertz CT molecular complexity index is 578. The number of benzene rings is 1. The van der Waals surface area contributed by atoms with Crippen molar-refractivity contribution in [3.63, 3.8) is 0 Å². The number of hydrogen-bond acceptors (Lipinski definition) is 2. The van der Waals surface area contributed by atoms with E-state index in [4.69, 9.17) is 11.6 Å². The Labute approximate surface area is 107 Å². The maximum Gasteiger partial charge on any atom is 0.417 e. The fraction of sp³-hybridized carbons (Fsp3) is 0. The number of rotatable bonds is 2. The van der Waals surface area contributed by atoms with E-state index < -0.39 is 11.9 Å². The van der Waals surface area contributed by atoms with E-state index in [1.165, 1.54) is 0 Å². The summed E-state index contributed by atoms with van der Waals surface area (Å²) in [5, 5.41) is 9.01. The second kappa shape index (κ2) is 5.01. The molecule has 0 saturated carbocycles. The zero-order valence-corrected chi connectivity index (χ0v) is 9.80. The minimum Gasteiger partial charge on any atom is -0.464 e. The zero-order chi connectivity index (χ0) is 13.1. The predicted octanol–water partition coefficient (Wildman–Crippen LogP) is 3.69. The van der Waals surface area contributed by atoms with Crippen molar-refractivity contribution >= 4 is 29.2 Å². The summed E-state index contributed by atoms with van der Waals surface area (Å²) in [5.74, 6) is -0.654. The van der Waals surface area contributed by atoms with Gasteiger partial charge in [0.15, 0.2) is 5.82 Å². The van der Waals surface area contributed by atoms with Gasteiger partial charge in [0.05, 0.1) is 16.9 Å². The molecule has 2 aromatic rings. The van der Waals surface area contributed by atoms with Crippen LogP contribution in [0.5, 0.6) is 0 Å². The SMILES string of the molecule is O=C(O)N(c1ccccc1)c1cc(Cl)c(F)cn1. The zero-order valence-electron chi connectivity index (χ0n) is 9.05. The Balaban J connectivity index is 2.49. The number of nitrogens with zero attached hydrogens (tertiary/aromatic N) is 2. The van der Waals surface area contributed by atoms with Crippen molar-refractivity contribution in [1.82, 2.24) is 4.98 Å². The average molecular weight is 267 g/mol. The van der Waals surface area contributed by atoms with E-state index in [9.17, 15) is 14.3 Å². The molecule has 0 fully saturated rings. The minimum absolute atomic E-state index is 0.0418. The molecule has 6 heteroatoms. The Morgan fingerprint density at radius 1 is 1.33 bits per heavy atom. The van der Waals surface area contributed by atoms with Gasteiger partial charge in [-0.3, -0.25) is 0 Å². The highest BCUT2D eigenvalue weighted by Gasteiger charge is 2.19. The van der Waals surface area contributed by atoms with E-state index in [1.54, 1.807) is 30.3 Å². The predicted molar refractivity (Wildman–Crippen MR) is 65.8 cm³/mol. The molecule has 0 saturated heterocycles. The van der Waals surface area contributed by atoms with Gasteiger partial charge in [0, 0.05) is 6.07 Å². The van der Waals surface area contributed by atoms with Gasteiger partial charge in [-0.1, -0.05) is 29.8 Å². The quantitative estimate of drug-likeness (QED) is 0.902. The van der Waals surface area contributed by atoms with Crippen LogP contribution in [-0.4, -0.2) is 16.2 Å². The molecule has 1 aromatic carbocycles. The van der Waals surface area contributed by atoms with Crippen LogP contribution in [0.15, 0.2) is 42.6 Å². The first-order chi connectivity index (χ1) is 8.59. The maximum atomic E-state index is 13.0. The second-order valence-corrected chi connectivity index (χ2v) is 3.82. The van der Waals surface area contributed by atoms with Crippen LogP contribution < -0.4 is 4.90 Å². The molecule has 0 bridgehead atoms. The number of pyridine rings is 1. The van der Waals surface area contributed by atoms with Crippen LogP contribution in [0.2, 0.25) is 5.02 Å². The first-order valence-corrected chi connectivity index (χ1v) is 5.36. The first-order valence-electron chi connectivity index (χ1n) is 4.99. The minimum atomic E-state index is -1.23. The Kier molecular flexibility index (Phi) is 3.43. The van der Waals surface area contributed by atoms with Gasteiger partial charge in [0.1, 0.15) is 5.82 Å². The molecule has 0 radical (unpaired) electrons. The number of hydrogen-bond donors (Lipinski definition) is 1. The van der Waals surface area contributed by atoms with Gasteiger partial charge in [0.25, 0.3) is 0 Å². The van der Waals surface area contributed by atoms with Crippen molar-refractivity contribution < 1.29 is 14.3 Å². The molecule has 2 rings (SSSR count). The fourth-order valence-electron chi connectivity index (χ4n) is 1.44. The average Bonchev–Trinajstić information content (AvgIpc) is 2.35. The van der Waals surface area contributed by atoms with E-state index >= 15 is 0 Å².